The second kappa shape index (κ2) is 9.14. The highest BCUT2D eigenvalue weighted by Crippen LogP contribution is 2.33. The maximum Gasteiger partial charge on any atom is 0.433 e. The number of aryl methyl sites for hydroxylation is 1. The molecule has 3 aromatic rings. The van der Waals surface area contributed by atoms with Crippen LogP contribution >= 0.6 is 0 Å². The number of pyridine rings is 2. The molecular weight excluding hydrogens is 435 g/mol. The van der Waals surface area contributed by atoms with Gasteiger partial charge in [-0.05, 0) is 61.2 Å². The van der Waals surface area contributed by atoms with Crippen LogP contribution in [0.2, 0.25) is 0 Å². The largest absolute Gasteiger partial charge is 0.433 e. The molecule has 0 saturated carbocycles. The van der Waals surface area contributed by atoms with E-state index in [0.717, 1.165) is 29.8 Å². The van der Waals surface area contributed by atoms with Crippen LogP contribution in [-0.4, -0.2) is 38.9 Å². The quantitative estimate of drug-likeness (QED) is 0.614. The summed E-state index contributed by atoms with van der Waals surface area (Å²) in [4.78, 5) is 20.3. The molecule has 0 aliphatic carbocycles. The van der Waals surface area contributed by atoms with Crippen molar-refractivity contribution in [3.05, 3.63) is 65.4 Å². The third-order valence-electron chi connectivity index (χ3n) is 5.38. The van der Waals surface area contributed by atoms with Crippen molar-refractivity contribution in [2.45, 2.75) is 33.0 Å². The minimum absolute atomic E-state index is 0.101. The van der Waals surface area contributed by atoms with Crippen LogP contribution in [0.3, 0.4) is 0 Å². The van der Waals surface area contributed by atoms with Crippen LogP contribution in [0, 0.1) is 13.8 Å². The van der Waals surface area contributed by atoms with E-state index in [9.17, 15) is 18.0 Å². The van der Waals surface area contributed by atoms with Crippen molar-refractivity contribution in [2.24, 2.45) is 0 Å². The van der Waals surface area contributed by atoms with E-state index >= 15 is 0 Å². The maximum absolute atomic E-state index is 13.0. The van der Waals surface area contributed by atoms with Gasteiger partial charge in [0.1, 0.15) is 18.1 Å². The van der Waals surface area contributed by atoms with Crippen LogP contribution in [0.1, 0.15) is 29.1 Å². The highest BCUT2D eigenvalue weighted by molar-refractivity contribution is 5.89. The van der Waals surface area contributed by atoms with E-state index in [4.69, 9.17) is 4.74 Å². The molecule has 0 bridgehead atoms. The van der Waals surface area contributed by atoms with Crippen molar-refractivity contribution >= 4 is 17.3 Å². The number of carbonyl (C=O) groups excluding carboxylic acids is 1. The van der Waals surface area contributed by atoms with E-state index in [1.807, 2.05) is 12.1 Å². The summed E-state index contributed by atoms with van der Waals surface area (Å²) in [6, 6.07) is 6.10. The maximum atomic E-state index is 13.0. The van der Waals surface area contributed by atoms with E-state index < -0.39 is 11.9 Å². The second-order valence-electron chi connectivity index (χ2n) is 7.67. The number of rotatable bonds is 5. The average molecular weight is 457 g/mol. The minimum Gasteiger partial charge on any atom is -0.377 e. The molecule has 0 saturated heterocycles. The minimum atomic E-state index is -4.54. The first kappa shape index (κ1) is 22.7. The van der Waals surface area contributed by atoms with Gasteiger partial charge in [-0.1, -0.05) is 6.08 Å². The van der Waals surface area contributed by atoms with Crippen LogP contribution in [0.15, 0.2) is 42.7 Å². The molecule has 3 aromatic heterocycles. The van der Waals surface area contributed by atoms with Gasteiger partial charge in [-0.25, -0.2) is 4.98 Å². The summed E-state index contributed by atoms with van der Waals surface area (Å²) < 4.78 is 45.9. The SMILES string of the molecule is Cc1nn(CC(=O)Nc2ccc(C3=CCOCC3)cn2)c(C)c1-c1ccnc(C(F)(F)F)c1. The summed E-state index contributed by atoms with van der Waals surface area (Å²) in [6.07, 6.45) is 1.11. The summed E-state index contributed by atoms with van der Waals surface area (Å²) in [5.41, 5.74) is 3.15. The normalized spacial score (nSPS) is 14.2. The zero-order chi connectivity index (χ0) is 23.6. The van der Waals surface area contributed by atoms with Crippen molar-refractivity contribution in [1.82, 2.24) is 19.7 Å². The van der Waals surface area contributed by atoms with Gasteiger partial charge in [0.05, 0.1) is 18.9 Å². The molecule has 172 valence electrons. The second-order valence-corrected chi connectivity index (χ2v) is 7.67. The topological polar surface area (TPSA) is 81.9 Å². The first-order valence-electron chi connectivity index (χ1n) is 10.3. The van der Waals surface area contributed by atoms with E-state index in [0.29, 0.717) is 41.5 Å². The first-order chi connectivity index (χ1) is 15.7. The lowest BCUT2D eigenvalue weighted by Gasteiger charge is -2.13. The number of ether oxygens (including phenoxy) is 1. The summed E-state index contributed by atoms with van der Waals surface area (Å²) in [5.74, 6) is 0.0607. The van der Waals surface area contributed by atoms with E-state index in [1.54, 1.807) is 26.1 Å². The Balaban J connectivity index is 1.48. The summed E-state index contributed by atoms with van der Waals surface area (Å²) in [7, 11) is 0. The number of amides is 1. The van der Waals surface area contributed by atoms with Crippen LogP contribution in [0.25, 0.3) is 16.7 Å². The van der Waals surface area contributed by atoms with Gasteiger partial charge in [0.25, 0.3) is 0 Å². The molecule has 0 spiro atoms. The van der Waals surface area contributed by atoms with Crippen molar-refractivity contribution in [2.75, 3.05) is 18.5 Å². The van der Waals surface area contributed by atoms with Gasteiger partial charge in [0.15, 0.2) is 0 Å². The number of hydrogen-bond donors (Lipinski definition) is 1. The Morgan fingerprint density at radius 1 is 1.18 bits per heavy atom. The lowest BCUT2D eigenvalue weighted by molar-refractivity contribution is -0.141. The zero-order valence-electron chi connectivity index (χ0n) is 18.1. The Kier molecular flexibility index (Phi) is 6.28. The van der Waals surface area contributed by atoms with E-state index in [-0.39, 0.29) is 12.5 Å². The lowest BCUT2D eigenvalue weighted by Crippen LogP contribution is -2.21. The van der Waals surface area contributed by atoms with Crippen molar-refractivity contribution in [3.63, 3.8) is 0 Å². The number of aromatic nitrogens is 4. The zero-order valence-corrected chi connectivity index (χ0v) is 18.1. The highest BCUT2D eigenvalue weighted by Gasteiger charge is 2.33. The van der Waals surface area contributed by atoms with Gasteiger partial charge >= 0.3 is 6.18 Å². The molecular formula is C23H22F3N5O2. The fraction of sp³-hybridized carbons (Fsp3) is 0.304. The van der Waals surface area contributed by atoms with Gasteiger partial charge < -0.3 is 10.1 Å². The number of anilines is 1. The molecule has 33 heavy (non-hydrogen) atoms. The first-order valence-corrected chi connectivity index (χ1v) is 10.3. The van der Waals surface area contributed by atoms with Gasteiger partial charge in [0, 0.05) is 23.7 Å². The smallest absolute Gasteiger partial charge is 0.377 e. The molecule has 1 amide bonds. The fourth-order valence-corrected chi connectivity index (χ4v) is 3.78. The summed E-state index contributed by atoms with van der Waals surface area (Å²) in [6.45, 7) is 4.55. The Bertz CT molecular complexity index is 1200. The number of halogens is 3. The third-order valence-corrected chi connectivity index (χ3v) is 5.38. The highest BCUT2D eigenvalue weighted by atomic mass is 19.4. The number of hydrogen-bond acceptors (Lipinski definition) is 5. The molecule has 4 heterocycles. The predicted octanol–water partition coefficient (Wildman–Crippen LogP) is 4.42. The molecule has 0 unspecified atom stereocenters. The molecule has 4 rings (SSSR count). The predicted molar refractivity (Wildman–Crippen MR) is 116 cm³/mol. The Morgan fingerprint density at radius 3 is 2.67 bits per heavy atom. The molecule has 1 aliphatic rings. The van der Waals surface area contributed by atoms with E-state index in [2.05, 4.69) is 20.4 Å². The summed E-state index contributed by atoms with van der Waals surface area (Å²) in [5, 5.41) is 7.08. The molecule has 0 radical (unpaired) electrons. The molecule has 1 aliphatic heterocycles. The average Bonchev–Trinajstić information content (AvgIpc) is 3.07. The van der Waals surface area contributed by atoms with Gasteiger partial charge in [-0.15, -0.1) is 0 Å². The van der Waals surface area contributed by atoms with Crippen molar-refractivity contribution < 1.29 is 22.7 Å². The monoisotopic (exact) mass is 457 g/mol. The Hall–Kier alpha value is -3.53. The van der Waals surface area contributed by atoms with E-state index in [1.165, 1.54) is 10.7 Å². The van der Waals surface area contributed by atoms with Crippen LogP contribution < -0.4 is 5.32 Å². The molecule has 0 aromatic carbocycles. The fourth-order valence-electron chi connectivity index (χ4n) is 3.78. The standard InChI is InChI=1S/C23H22F3N5O2/c1-14-22(17-5-8-27-19(11-17)23(24,25)26)15(2)31(30-14)13-21(32)29-20-4-3-18(12-28-20)16-6-9-33-10-7-16/h3-6,8,11-12H,7,9-10,13H2,1-2H3,(H,28,29,32). The molecule has 0 fully saturated rings. The molecule has 10 heteroatoms. The van der Waals surface area contributed by atoms with Gasteiger partial charge in [-0.3, -0.25) is 14.5 Å². The molecule has 1 N–H and O–H groups in total. The molecule has 0 atom stereocenters. The lowest BCUT2D eigenvalue weighted by atomic mass is 10.0. The van der Waals surface area contributed by atoms with Crippen LogP contribution in [-0.2, 0) is 22.3 Å². The number of nitrogens with zero attached hydrogens (tertiary/aromatic N) is 4. The van der Waals surface area contributed by atoms with Gasteiger partial charge in [0.2, 0.25) is 5.91 Å². The number of carbonyl (C=O) groups is 1. The Labute approximate surface area is 188 Å². The number of nitrogens with one attached hydrogen (secondary N) is 1. The van der Waals surface area contributed by atoms with Crippen molar-refractivity contribution in [1.29, 1.82) is 0 Å². The van der Waals surface area contributed by atoms with Crippen molar-refractivity contribution in [3.8, 4) is 11.1 Å². The van der Waals surface area contributed by atoms with Crippen LogP contribution in [0.5, 0.6) is 0 Å². The number of alkyl halides is 3. The Morgan fingerprint density at radius 2 is 2.00 bits per heavy atom. The van der Waals surface area contributed by atoms with Gasteiger partial charge in [-0.2, -0.15) is 18.3 Å². The third kappa shape index (κ3) is 5.11. The summed E-state index contributed by atoms with van der Waals surface area (Å²) >= 11 is 0. The van der Waals surface area contributed by atoms with Crippen LogP contribution in [0.4, 0.5) is 19.0 Å². The molecule has 7 nitrogen and oxygen atoms in total.